The zero-order chi connectivity index (χ0) is 25.6. The van der Waals surface area contributed by atoms with Crippen LogP contribution >= 0.6 is 0 Å². The minimum absolute atomic E-state index is 0.00749. The van der Waals surface area contributed by atoms with Gasteiger partial charge in [0.25, 0.3) is 12.3 Å². The van der Waals surface area contributed by atoms with Crippen molar-refractivity contribution in [1.82, 2.24) is 15.1 Å². The van der Waals surface area contributed by atoms with E-state index >= 15 is 0 Å². The SMILES string of the molecule is CC#Cc1ccc(C(=O)NC2CC3(C2)CC(C(=O)O)C3)c2c1cnn2[C@H](C)c1ccc(C(F)F)cc1. The number of hydrogen-bond acceptors (Lipinski definition) is 3. The van der Waals surface area contributed by atoms with E-state index in [9.17, 15) is 18.4 Å². The van der Waals surface area contributed by atoms with Gasteiger partial charge in [0.05, 0.1) is 29.2 Å². The van der Waals surface area contributed by atoms with E-state index in [4.69, 9.17) is 5.11 Å². The van der Waals surface area contributed by atoms with E-state index in [-0.39, 0.29) is 34.9 Å². The molecule has 0 radical (unpaired) electrons. The third kappa shape index (κ3) is 4.13. The fourth-order valence-corrected chi connectivity index (χ4v) is 5.79. The van der Waals surface area contributed by atoms with Crippen molar-refractivity contribution >= 4 is 22.8 Å². The Morgan fingerprint density at radius 3 is 2.39 bits per heavy atom. The van der Waals surface area contributed by atoms with Gasteiger partial charge in [-0.25, -0.2) is 8.78 Å². The summed E-state index contributed by atoms with van der Waals surface area (Å²) in [6, 6.07) is 9.40. The van der Waals surface area contributed by atoms with E-state index < -0.39 is 12.4 Å². The third-order valence-electron chi connectivity index (χ3n) is 7.70. The number of aromatic nitrogens is 2. The molecule has 1 heterocycles. The Bertz CT molecular complexity index is 1390. The number of hydrogen-bond donors (Lipinski definition) is 2. The maximum Gasteiger partial charge on any atom is 0.306 e. The monoisotopic (exact) mass is 491 g/mol. The Labute approximate surface area is 207 Å². The van der Waals surface area contributed by atoms with Crippen LogP contribution in [0, 0.1) is 23.2 Å². The highest BCUT2D eigenvalue weighted by Gasteiger charge is 2.55. The Morgan fingerprint density at radius 2 is 1.78 bits per heavy atom. The van der Waals surface area contributed by atoms with Gasteiger partial charge in [-0.15, -0.1) is 5.92 Å². The summed E-state index contributed by atoms with van der Waals surface area (Å²) in [5, 5.41) is 17.6. The van der Waals surface area contributed by atoms with Crippen LogP contribution in [0.15, 0.2) is 42.6 Å². The van der Waals surface area contributed by atoms with Gasteiger partial charge in [0.2, 0.25) is 0 Å². The number of carbonyl (C=O) groups is 2. The van der Waals surface area contributed by atoms with Gasteiger partial charge in [-0.1, -0.05) is 30.2 Å². The number of carboxylic acids is 1. The molecule has 36 heavy (non-hydrogen) atoms. The molecule has 8 heteroatoms. The van der Waals surface area contributed by atoms with E-state index in [1.165, 1.54) is 12.1 Å². The number of aliphatic carboxylic acids is 1. The van der Waals surface area contributed by atoms with Crippen LogP contribution in [0.5, 0.6) is 0 Å². The molecule has 0 saturated heterocycles. The van der Waals surface area contributed by atoms with Crippen LogP contribution in [0.1, 0.15) is 79.0 Å². The van der Waals surface area contributed by atoms with Crippen molar-refractivity contribution in [2.45, 2.75) is 58.0 Å². The van der Waals surface area contributed by atoms with Crippen LogP contribution in [0.3, 0.4) is 0 Å². The zero-order valence-corrected chi connectivity index (χ0v) is 20.1. The molecule has 2 N–H and O–H groups in total. The van der Waals surface area contributed by atoms with Gasteiger partial charge in [-0.2, -0.15) is 5.10 Å². The summed E-state index contributed by atoms with van der Waals surface area (Å²) < 4.78 is 27.8. The first-order valence-electron chi connectivity index (χ1n) is 12.1. The first-order chi connectivity index (χ1) is 17.2. The lowest BCUT2D eigenvalue weighted by Gasteiger charge is -2.56. The first kappa shape index (κ1) is 24.0. The van der Waals surface area contributed by atoms with Gasteiger partial charge < -0.3 is 10.4 Å². The lowest BCUT2D eigenvalue weighted by molar-refractivity contribution is -0.155. The van der Waals surface area contributed by atoms with Crippen molar-refractivity contribution in [1.29, 1.82) is 0 Å². The van der Waals surface area contributed by atoms with E-state index in [0.717, 1.165) is 29.4 Å². The molecule has 2 aromatic carbocycles. The Hall–Kier alpha value is -3.73. The number of rotatable bonds is 6. The van der Waals surface area contributed by atoms with Crippen LogP contribution < -0.4 is 5.32 Å². The maximum absolute atomic E-state index is 13.4. The molecule has 6 nitrogen and oxygen atoms in total. The van der Waals surface area contributed by atoms with Crippen molar-refractivity contribution in [3.8, 4) is 11.8 Å². The minimum atomic E-state index is -2.54. The highest BCUT2D eigenvalue weighted by Crippen LogP contribution is 2.58. The molecule has 5 rings (SSSR count). The fraction of sp³-hybridized carbons (Fsp3) is 0.393. The predicted molar refractivity (Wildman–Crippen MR) is 131 cm³/mol. The molecule has 1 amide bonds. The number of amides is 1. The number of benzene rings is 2. The van der Waals surface area contributed by atoms with Gasteiger partial charge in [0, 0.05) is 22.6 Å². The lowest BCUT2D eigenvalue weighted by Crippen LogP contribution is -2.57. The number of carboxylic acid groups (broad SMARTS) is 1. The number of halogens is 2. The molecule has 0 bridgehead atoms. The second-order valence-electron chi connectivity index (χ2n) is 10.1. The summed E-state index contributed by atoms with van der Waals surface area (Å²) in [7, 11) is 0. The van der Waals surface area contributed by atoms with Crippen LogP contribution in [0.4, 0.5) is 8.78 Å². The molecule has 186 valence electrons. The van der Waals surface area contributed by atoms with E-state index in [0.29, 0.717) is 23.9 Å². The van der Waals surface area contributed by atoms with Crippen molar-refractivity contribution < 1.29 is 23.5 Å². The predicted octanol–water partition coefficient (Wildman–Crippen LogP) is 5.33. The summed E-state index contributed by atoms with van der Waals surface area (Å²) in [4.78, 5) is 24.5. The topological polar surface area (TPSA) is 84.2 Å². The number of fused-ring (bicyclic) bond motifs is 1. The average Bonchev–Trinajstić information content (AvgIpc) is 3.24. The number of nitrogens with one attached hydrogen (secondary N) is 1. The molecule has 2 aliphatic rings. The standard InChI is InChI=1S/C28H27F2N3O3/c1-3-4-18-9-10-22(26(34)32-21-13-28(14-21)11-20(12-28)27(35)36)24-23(18)15-31-33(24)16(2)17-5-7-19(8-6-17)25(29)30/h5-10,15-16,20-21,25H,11-14H2,1-2H3,(H,32,34)(H,35,36)/t16-,20?,21?,28?/m1/s1. The highest BCUT2D eigenvalue weighted by molar-refractivity contribution is 6.07. The third-order valence-corrected chi connectivity index (χ3v) is 7.70. The number of alkyl halides is 2. The molecule has 0 aliphatic heterocycles. The summed E-state index contributed by atoms with van der Waals surface area (Å²) in [6.45, 7) is 3.65. The largest absolute Gasteiger partial charge is 0.481 e. The molecule has 2 fully saturated rings. The summed E-state index contributed by atoms with van der Waals surface area (Å²) in [6.07, 6.45) is 2.09. The van der Waals surface area contributed by atoms with Crippen molar-refractivity contribution in [2.24, 2.45) is 11.3 Å². The van der Waals surface area contributed by atoms with Crippen LogP contribution in [-0.4, -0.2) is 32.8 Å². The highest BCUT2D eigenvalue weighted by atomic mass is 19.3. The Morgan fingerprint density at radius 1 is 1.11 bits per heavy atom. The second-order valence-corrected chi connectivity index (χ2v) is 10.1. The van der Waals surface area contributed by atoms with Gasteiger partial charge in [0.1, 0.15) is 0 Å². The smallest absolute Gasteiger partial charge is 0.306 e. The molecule has 2 aliphatic carbocycles. The minimum Gasteiger partial charge on any atom is -0.481 e. The zero-order valence-electron chi connectivity index (χ0n) is 20.1. The molecule has 1 aromatic heterocycles. The van der Waals surface area contributed by atoms with Crippen LogP contribution in [0.25, 0.3) is 10.9 Å². The van der Waals surface area contributed by atoms with E-state index in [1.54, 1.807) is 36.0 Å². The van der Waals surface area contributed by atoms with Gasteiger partial charge in [0.15, 0.2) is 0 Å². The maximum atomic E-state index is 13.4. The molecule has 2 saturated carbocycles. The van der Waals surface area contributed by atoms with Gasteiger partial charge in [-0.05, 0) is 62.6 Å². The van der Waals surface area contributed by atoms with Gasteiger partial charge >= 0.3 is 5.97 Å². The van der Waals surface area contributed by atoms with Crippen LogP contribution in [-0.2, 0) is 4.79 Å². The van der Waals surface area contributed by atoms with Crippen molar-refractivity contribution in [3.63, 3.8) is 0 Å². The first-order valence-corrected chi connectivity index (χ1v) is 12.1. The van der Waals surface area contributed by atoms with E-state index in [1.807, 2.05) is 13.0 Å². The molecular formula is C28H27F2N3O3. The molecule has 1 spiro atoms. The Balaban J connectivity index is 1.42. The average molecular weight is 492 g/mol. The van der Waals surface area contributed by atoms with Crippen molar-refractivity contribution in [3.05, 3.63) is 64.8 Å². The molecular weight excluding hydrogens is 464 g/mol. The molecule has 0 unspecified atom stereocenters. The number of nitrogens with zero attached hydrogens (tertiary/aromatic N) is 2. The van der Waals surface area contributed by atoms with Crippen molar-refractivity contribution in [2.75, 3.05) is 0 Å². The second kappa shape index (κ2) is 9.05. The van der Waals surface area contributed by atoms with Crippen LogP contribution in [0.2, 0.25) is 0 Å². The summed E-state index contributed by atoms with van der Waals surface area (Å²) >= 11 is 0. The quantitative estimate of drug-likeness (QED) is 0.457. The number of carbonyl (C=O) groups excluding carboxylic acids is 1. The Kier molecular flexibility index (Phi) is 6.03. The van der Waals surface area contributed by atoms with Gasteiger partial charge in [-0.3, -0.25) is 14.3 Å². The summed E-state index contributed by atoms with van der Waals surface area (Å²) in [5.41, 5.74) is 2.67. The summed E-state index contributed by atoms with van der Waals surface area (Å²) in [5.74, 6) is 4.74. The lowest BCUT2D eigenvalue weighted by atomic mass is 9.50. The molecule has 1 atom stereocenters. The fourth-order valence-electron chi connectivity index (χ4n) is 5.79. The normalized spacial score (nSPS) is 23.5. The van der Waals surface area contributed by atoms with E-state index in [2.05, 4.69) is 22.3 Å². The molecule has 3 aromatic rings.